The number of Topliss-reactive ketones (excluding diaryl/α,β-unsaturated/α-hetero) is 1. The van der Waals surface area contributed by atoms with Gasteiger partial charge in [0.2, 0.25) is 5.91 Å². The molecule has 1 N–H and O–H groups in total. The number of likely N-dealkylation sites (tertiary alicyclic amines) is 1. The highest BCUT2D eigenvalue weighted by Gasteiger charge is 2.41. The molecule has 1 amide bonds. The Hall–Kier alpha value is -2.05. The van der Waals surface area contributed by atoms with E-state index in [1.807, 2.05) is 40.1 Å². The van der Waals surface area contributed by atoms with Gasteiger partial charge >= 0.3 is 0 Å². The smallest absolute Gasteiger partial charge is 0.223 e. The molecule has 1 fully saturated rings. The lowest BCUT2D eigenvalue weighted by Gasteiger charge is -2.30. The molecule has 2 heterocycles. The average molecular weight is 443 g/mol. The number of aromatic nitrogens is 1. The Morgan fingerprint density at radius 2 is 1.87 bits per heavy atom. The number of aryl methyl sites for hydroxylation is 1. The van der Waals surface area contributed by atoms with Crippen molar-refractivity contribution in [2.24, 2.45) is 11.3 Å². The van der Waals surface area contributed by atoms with Gasteiger partial charge in [-0.1, -0.05) is 58.9 Å². The summed E-state index contributed by atoms with van der Waals surface area (Å²) in [7, 11) is 0. The number of aliphatic hydroxyl groups excluding tert-OH is 1. The van der Waals surface area contributed by atoms with Crippen LogP contribution in [0.5, 0.6) is 0 Å². The summed E-state index contributed by atoms with van der Waals surface area (Å²) in [6.07, 6.45) is 0.0589. The van der Waals surface area contributed by atoms with Crippen molar-refractivity contribution in [2.45, 2.75) is 72.4 Å². The molecule has 1 aromatic heterocycles. The van der Waals surface area contributed by atoms with E-state index < -0.39 is 12.1 Å². The zero-order chi connectivity index (χ0) is 22.9. The van der Waals surface area contributed by atoms with E-state index in [0.717, 1.165) is 21.7 Å². The Labute approximate surface area is 189 Å². The van der Waals surface area contributed by atoms with Gasteiger partial charge in [0.25, 0.3) is 0 Å². The number of carbonyl (C=O) groups excluding carboxylic acids is 2. The van der Waals surface area contributed by atoms with Crippen LogP contribution >= 0.6 is 11.3 Å². The number of aliphatic hydroxyl groups is 1. The quantitative estimate of drug-likeness (QED) is 0.696. The molecular weight excluding hydrogens is 408 g/mol. The van der Waals surface area contributed by atoms with Crippen LogP contribution < -0.4 is 0 Å². The maximum atomic E-state index is 13.4. The summed E-state index contributed by atoms with van der Waals surface area (Å²) in [6.45, 7) is 12.3. The number of rotatable bonds is 6. The normalized spacial score (nSPS) is 21.2. The van der Waals surface area contributed by atoms with Crippen LogP contribution in [0, 0.1) is 18.3 Å². The second-order valence-corrected chi connectivity index (χ2v) is 10.9. The Balaban J connectivity index is 1.73. The standard InChI is InChI=1S/C25H34N2O3S/c1-15(18-7-9-19(10-8-18)24-17(3)26-14-31-24)16(2)23(30)21-11-20(28)13-27(21)22(29)12-25(4,5)6/h7-10,14-16,20-21,28H,11-13H2,1-6H3/t15-,16?,20-,21+/m1/s1. The van der Waals surface area contributed by atoms with Gasteiger partial charge in [-0.3, -0.25) is 9.59 Å². The van der Waals surface area contributed by atoms with Crippen molar-refractivity contribution in [1.29, 1.82) is 0 Å². The Bertz CT molecular complexity index is 929. The first-order valence-corrected chi connectivity index (χ1v) is 11.9. The van der Waals surface area contributed by atoms with E-state index in [9.17, 15) is 14.7 Å². The van der Waals surface area contributed by atoms with Crippen molar-refractivity contribution in [3.05, 3.63) is 41.0 Å². The minimum atomic E-state index is -0.637. The highest BCUT2D eigenvalue weighted by molar-refractivity contribution is 7.13. The van der Waals surface area contributed by atoms with Crippen LogP contribution in [0.25, 0.3) is 10.4 Å². The molecule has 0 aliphatic carbocycles. The lowest BCUT2D eigenvalue weighted by molar-refractivity contribution is -0.140. The van der Waals surface area contributed by atoms with E-state index in [4.69, 9.17) is 0 Å². The van der Waals surface area contributed by atoms with Crippen molar-refractivity contribution in [2.75, 3.05) is 6.54 Å². The van der Waals surface area contributed by atoms with Gasteiger partial charge in [0.05, 0.1) is 28.2 Å². The zero-order valence-corrected chi connectivity index (χ0v) is 20.2. The van der Waals surface area contributed by atoms with Gasteiger partial charge in [0.1, 0.15) is 0 Å². The first kappa shape index (κ1) is 23.6. The number of benzene rings is 1. The molecule has 1 saturated heterocycles. The summed E-state index contributed by atoms with van der Waals surface area (Å²) in [4.78, 5) is 33.3. The zero-order valence-electron chi connectivity index (χ0n) is 19.4. The number of hydrogen-bond acceptors (Lipinski definition) is 5. The van der Waals surface area contributed by atoms with Gasteiger partial charge in [-0.15, -0.1) is 11.3 Å². The number of thiazole rings is 1. The molecule has 1 aliphatic rings. The summed E-state index contributed by atoms with van der Waals surface area (Å²) in [5.41, 5.74) is 4.94. The number of ketones is 1. The highest BCUT2D eigenvalue weighted by atomic mass is 32.1. The van der Waals surface area contributed by atoms with Crippen LogP contribution in [0.1, 0.15) is 64.6 Å². The molecule has 4 atom stereocenters. The molecule has 168 valence electrons. The number of hydrogen-bond donors (Lipinski definition) is 1. The first-order valence-electron chi connectivity index (χ1n) is 11.0. The third-order valence-corrected chi connectivity index (χ3v) is 7.23. The molecule has 6 heteroatoms. The van der Waals surface area contributed by atoms with Crippen molar-refractivity contribution in [1.82, 2.24) is 9.88 Å². The maximum Gasteiger partial charge on any atom is 0.223 e. The van der Waals surface area contributed by atoms with Crippen LogP contribution in [0.4, 0.5) is 0 Å². The van der Waals surface area contributed by atoms with Gasteiger partial charge in [0, 0.05) is 25.3 Å². The number of nitrogens with zero attached hydrogens (tertiary/aromatic N) is 2. The first-order chi connectivity index (χ1) is 14.5. The second kappa shape index (κ2) is 9.21. The van der Waals surface area contributed by atoms with Gasteiger partial charge in [-0.25, -0.2) is 4.98 Å². The fourth-order valence-corrected chi connectivity index (χ4v) is 5.08. The van der Waals surface area contributed by atoms with Gasteiger partial charge < -0.3 is 10.0 Å². The molecule has 1 aromatic carbocycles. The van der Waals surface area contributed by atoms with Crippen LogP contribution in [-0.2, 0) is 9.59 Å². The summed E-state index contributed by atoms with van der Waals surface area (Å²) < 4.78 is 0. The Morgan fingerprint density at radius 3 is 2.42 bits per heavy atom. The Kier molecular flexibility index (Phi) is 7.01. The molecule has 1 unspecified atom stereocenters. The van der Waals surface area contributed by atoms with E-state index in [1.54, 1.807) is 16.2 Å². The highest BCUT2D eigenvalue weighted by Crippen LogP contribution is 2.33. The van der Waals surface area contributed by atoms with Crippen molar-refractivity contribution < 1.29 is 14.7 Å². The van der Waals surface area contributed by atoms with Crippen molar-refractivity contribution in [3.8, 4) is 10.4 Å². The molecular formula is C25H34N2O3S. The predicted octanol–water partition coefficient (Wildman–Crippen LogP) is 4.83. The molecule has 0 radical (unpaired) electrons. The molecule has 0 saturated carbocycles. The van der Waals surface area contributed by atoms with Crippen LogP contribution in [0.2, 0.25) is 0 Å². The van der Waals surface area contributed by atoms with E-state index in [-0.39, 0.29) is 35.5 Å². The predicted molar refractivity (Wildman–Crippen MR) is 125 cm³/mol. The third-order valence-electron chi connectivity index (χ3n) is 6.25. The molecule has 1 aliphatic heterocycles. The molecule has 2 aromatic rings. The average Bonchev–Trinajstić information content (AvgIpc) is 3.30. The second-order valence-electron chi connectivity index (χ2n) is 10.1. The summed E-state index contributed by atoms with van der Waals surface area (Å²) >= 11 is 1.63. The topological polar surface area (TPSA) is 70.5 Å². The largest absolute Gasteiger partial charge is 0.391 e. The van der Waals surface area contributed by atoms with E-state index >= 15 is 0 Å². The van der Waals surface area contributed by atoms with Crippen molar-refractivity contribution in [3.63, 3.8) is 0 Å². The fourth-order valence-electron chi connectivity index (χ4n) is 4.27. The molecule has 0 spiro atoms. The SMILES string of the molecule is Cc1ncsc1-c1ccc([C@H](C)C(C)C(=O)[C@@H]2C[C@@H](O)CN2C(=O)CC(C)(C)C)cc1. The monoisotopic (exact) mass is 442 g/mol. The summed E-state index contributed by atoms with van der Waals surface area (Å²) in [6, 6.07) is 7.79. The molecule has 3 rings (SSSR count). The molecule has 5 nitrogen and oxygen atoms in total. The van der Waals surface area contributed by atoms with E-state index in [0.29, 0.717) is 12.8 Å². The van der Waals surface area contributed by atoms with E-state index in [1.165, 1.54) is 0 Å². The van der Waals surface area contributed by atoms with Crippen LogP contribution in [-0.4, -0.2) is 45.4 Å². The summed E-state index contributed by atoms with van der Waals surface area (Å²) in [5.74, 6) is -0.252. The number of β-amino-alcohol motifs (C(OH)–C–C–N with tert-alkyl or cyclic N) is 1. The maximum absolute atomic E-state index is 13.4. The minimum Gasteiger partial charge on any atom is -0.391 e. The fraction of sp³-hybridized carbons (Fsp3) is 0.560. The third kappa shape index (κ3) is 5.42. The van der Waals surface area contributed by atoms with Gasteiger partial charge in [-0.2, -0.15) is 0 Å². The van der Waals surface area contributed by atoms with Crippen LogP contribution in [0.15, 0.2) is 29.8 Å². The minimum absolute atomic E-state index is 0.0152. The Morgan fingerprint density at radius 1 is 1.23 bits per heavy atom. The van der Waals surface area contributed by atoms with E-state index in [2.05, 4.69) is 36.2 Å². The summed E-state index contributed by atoms with van der Waals surface area (Å²) in [5, 5.41) is 10.2. The van der Waals surface area contributed by atoms with Crippen LogP contribution in [0.3, 0.4) is 0 Å². The number of amides is 1. The lowest BCUT2D eigenvalue weighted by Crippen LogP contribution is -2.44. The van der Waals surface area contributed by atoms with Crippen molar-refractivity contribution >= 4 is 23.0 Å². The molecule has 0 bridgehead atoms. The van der Waals surface area contributed by atoms with Gasteiger partial charge in [-0.05, 0) is 29.4 Å². The van der Waals surface area contributed by atoms with Gasteiger partial charge in [0.15, 0.2) is 5.78 Å². The molecule has 31 heavy (non-hydrogen) atoms. The lowest BCUT2D eigenvalue weighted by atomic mass is 9.82. The number of carbonyl (C=O) groups is 2.